The number of nitrogens with zero attached hydrogens (tertiary/aromatic N) is 2. The average Bonchev–Trinajstić information content (AvgIpc) is 3.17. The van der Waals surface area contributed by atoms with Crippen molar-refractivity contribution in [2.75, 3.05) is 5.32 Å². The number of nitrogens with one attached hydrogen (secondary N) is 3. The van der Waals surface area contributed by atoms with Crippen molar-refractivity contribution in [3.05, 3.63) is 40.9 Å². The number of carbonyl (C=O) groups is 1. The molecule has 2 unspecified atom stereocenters. The highest BCUT2D eigenvalue weighted by Crippen LogP contribution is 2.25. The lowest BCUT2D eigenvalue weighted by Crippen LogP contribution is -2.39. The van der Waals surface area contributed by atoms with Gasteiger partial charge in [-0.25, -0.2) is 10.9 Å². The SMILES string of the molecule is CC(C)c1nnc(NC(=O)C2CC(c3ccccc3)NN2)s1. The monoisotopic (exact) mass is 317 g/mol. The molecule has 2 atom stereocenters. The molecule has 0 aliphatic carbocycles. The van der Waals surface area contributed by atoms with Crippen LogP contribution in [0.4, 0.5) is 5.13 Å². The Kier molecular flexibility index (Phi) is 4.47. The van der Waals surface area contributed by atoms with Gasteiger partial charge in [0.25, 0.3) is 0 Å². The van der Waals surface area contributed by atoms with Gasteiger partial charge in [-0.1, -0.05) is 55.5 Å². The van der Waals surface area contributed by atoms with Crippen molar-refractivity contribution < 1.29 is 4.79 Å². The average molecular weight is 317 g/mol. The van der Waals surface area contributed by atoms with E-state index in [0.717, 1.165) is 5.01 Å². The van der Waals surface area contributed by atoms with Gasteiger partial charge < -0.3 is 0 Å². The van der Waals surface area contributed by atoms with Gasteiger partial charge in [-0.3, -0.25) is 10.1 Å². The van der Waals surface area contributed by atoms with Crippen LogP contribution in [0.25, 0.3) is 0 Å². The molecule has 7 heteroatoms. The van der Waals surface area contributed by atoms with Crippen molar-refractivity contribution in [2.45, 2.75) is 38.3 Å². The largest absolute Gasteiger partial charge is 0.299 e. The van der Waals surface area contributed by atoms with Gasteiger partial charge in [0.2, 0.25) is 11.0 Å². The summed E-state index contributed by atoms with van der Waals surface area (Å²) in [6.45, 7) is 4.11. The summed E-state index contributed by atoms with van der Waals surface area (Å²) >= 11 is 1.42. The van der Waals surface area contributed by atoms with Crippen LogP contribution in [0.3, 0.4) is 0 Å². The molecule has 22 heavy (non-hydrogen) atoms. The van der Waals surface area contributed by atoms with Crippen LogP contribution in [-0.4, -0.2) is 22.1 Å². The smallest absolute Gasteiger partial charge is 0.244 e. The molecule has 116 valence electrons. The van der Waals surface area contributed by atoms with Gasteiger partial charge in [0.05, 0.1) is 0 Å². The number of hydrazine groups is 1. The van der Waals surface area contributed by atoms with Crippen molar-refractivity contribution in [3.8, 4) is 0 Å². The Labute approximate surface area is 133 Å². The Hall–Kier alpha value is -1.83. The minimum atomic E-state index is -0.281. The number of amides is 1. The fourth-order valence-electron chi connectivity index (χ4n) is 2.34. The Morgan fingerprint density at radius 2 is 2.05 bits per heavy atom. The number of benzene rings is 1. The minimum absolute atomic E-state index is 0.0858. The van der Waals surface area contributed by atoms with E-state index in [-0.39, 0.29) is 18.0 Å². The van der Waals surface area contributed by atoms with Gasteiger partial charge in [-0.05, 0) is 12.0 Å². The predicted octanol–water partition coefficient (Wildman–Crippen LogP) is 2.21. The van der Waals surface area contributed by atoms with Gasteiger partial charge in [0.15, 0.2) is 0 Å². The molecule has 3 N–H and O–H groups in total. The molecule has 3 rings (SSSR count). The van der Waals surface area contributed by atoms with Crippen LogP contribution < -0.4 is 16.2 Å². The quantitative estimate of drug-likeness (QED) is 0.806. The first-order valence-corrected chi connectivity index (χ1v) is 8.15. The van der Waals surface area contributed by atoms with E-state index in [4.69, 9.17) is 0 Å². The summed E-state index contributed by atoms with van der Waals surface area (Å²) in [5, 5.41) is 12.4. The maximum atomic E-state index is 12.3. The van der Waals surface area contributed by atoms with E-state index in [2.05, 4.69) is 52.3 Å². The van der Waals surface area contributed by atoms with Crippen LogP contribution in [0.2, 0.25) is 0 Å². The second-order valence-electron chi connectivity index (χ2n) is 5.63. The van der Waals surface area contributed by atoms with Crippen molar-refractivity contribution in [3.63, 3.8) is 0 Å². The predicted molar refractivity (Wildman–Crippen MR) is 86.5 cm³/mol. The second-order valence-corrected chi connectivity index (χ2v) is 6.64. The van der Waals surface area contributed by atoms with Gasteiger partial charge in [-0.15, -0.1) is 10.2 Å². The molecular formula is C15H19N5OS. The lowest BCUT2D eigenvalue weighted by molar-refractivity contribution is -0.117. The van der Waals surface area contributed by atoms with E-state index in [1.807, 2.05) is 18.2 Å². The van der Waals surface area contributed by atoms with E-state index >= 15 is 0 Å². The van der Waals surface area contributed by atoms with E-state index < -0.39 is 0 Å². The van der Waals surface area contributed by atoms with Gasteiger partial charge in [0, 0.05) is 12.0 Å². The molecule has 1 aliphatic heterocycles. The topological polar surface area (TPSA) is 78.9 Å². The van der Waals surface area contributed by atoms with Crippen LogP contribution in [0, 0.1) is 0 Å². The Balaban J connectivity index is 1.59. The third kappa shape index (κ3) is 3.32. The number of rotatable bonds is 4. The van der Waals surface area contributed by atoms with E-state index in [9.17, 15) is 4.79 Å². The summed E-state index contributed by atoms with van der Waals surface area (Å²) in [6.07, 6.45) is 0.700. The number of aromatic nitrogens is 2. The van der Waals surface area contributed by atoms with E-state index in [0.29, 0.717) is 17.5 Å². The third-order valence-electron chi connectivity index (χ3n) is 3.59. The van der Waals surface area contributed by atoms with Crippen molar-refractivity contribution in [1.29, 1.82) is 0 Å². The standard InChI is InChI=1S/C15H19N5OS/c1-9(2)14-19-20-15(22-14)16-13(21)12-8-11(17-18-12)10-6-4-3-5-7-10/h3-7,9,11-12,17-18H,8H2,1-2H3,(H,16,20,21). The molecule has 1 fully saturated rings. The zero-order valence-electron chi connectivity index (χ0n) is 12.5. The Morgan fingerprint density at radius 3 is 2.73 bits per heavy atom. The summed E-state index contributed by atoms with van der Waals surface area (Å²) in [5.41, 5.74) is 7.39. The highest BCUT2D eigenvalue weighted by Gasteiger charge is 2.30. The van der Waals surface area contributed by atoms with Crippen LogP contribution in [0.1, 0.15) is 42.8 Å². The summed E-state index contributed by atoms with van der Waals surface area (Å²) in [4.78, 5) is 12.3. The Bertz CT molecular complexity index is 642. The molecule has 1 aromatic heterocycles. The number of hydrogen-bond acceptors (Lipinski definition) is 6. The molecule has 0 saturated carbocycles. The first-order chi connectivity index (χ1) is 10.6. The highest BCUT2D eigenvalue weighted by molar-refractivity contribution is 7.15. The van der Waals surface area contributed by atoms with Crippen LogP contribution >= 0.6 is 11.3 Å². The Morgan fingerprint density at radius 1 is 1.27 bits per heavy atom. The number of hydrogen-bond donors (Lipinski definition) is 3. The molecule has 0 bridgehead atoms. The summed E-state index contributed by atoms with van der Waals surface area (Å²) in [7, 11) is 0. The van der Waals surface area contributed by atoms with Crippen LogP contribution in [-0.2, 0) is 4.79 Å². The molecule has 1 amide bonds. The molecule has 1 aromatic carbocycles. The molecule has 0 spiro atoms. The van der Waals surface area contributed by atoms with Gasteiger partial charge >= 0.3 is 0 Å². The fraction of sp³-hybridized carbons (Fsp3) is 0.400. The number of carbonyl (C=O) groups excluding carboxylic acids is 1. The molecule has 1 aliphatic rings. The molecular weight excluding hydrogens is 298 g/mol. The lowest BCUT2D eigenvalue weighted by atomic mass is 10.0. The molecule has 6 nitrogen and oxygen atoms in total. The van der Waals surface area contributed by atoms with Crippen molar-refractivity contribution in [1.82, 2.24) is 21.0 Å². The summed E-state index contributed by atoms with van der Waals surface area (Å²) in [6, 6.07) is 9.95. The van der Waals surface area contributed by atoms with Crippen LogP contribution in [0.5, 0.6) is 0 Å². The van der Waals surface area contributed by atoms with E-state index in [1.54, 1.807) is 0 Å². The molecule has 2 aromatic rings. The molecule has 1 saturated heterocycles. The summed E-state index contributed by atoms with van der Waals surface area (Å²) in [5.74, 6) is 0.231. The summed E-state index contributed by atoms with van der Waals surface area (Å²) < 4.78 is 0. The zero-order valence-corrected chi connectivity index (χ0v) is 13.4. The first-order valence-electron chi connectivity index (χ1n) is 7.33. The maximum Gasteiger partial charge on any atom is 0.244 e. The van der Waals surface area contributed by atoms with E-state index in [1.165, 1.54) is 16.9 Å². The normalized spacial score (nSPS) is 21.2. The minimum Gasteiger partial charge on any atom is -0.299 e. The maximum absolute atomic E-state index is 12.3. The molecule has 0 radical (unpaired) electrons. The van der Waals surface area contributed by atoms with Crippen LogP contribution in [0.15, 0.2) is 30.3 Å². The van der Waals surface area contributed by atoms with Crippen molar-refractivity contribution in [2.24, 2.45) is 0 Å². The third-order valence-corrected chi connectivity index (χ3v) is 4.73. The highest BCUT2D eigenvalue weighted by atomic mass is 32.1. The second kappa shape index (κ2) is 6.51. The van der Waals surface area contributed by atoms with Gasteiger partial charge in [-0.2, -0.15) is 0 Å². The number of anilines is 1. The zero-order chi connectivity index (χ0) is 15.5. The van der Waals surface area contributed by atoms with Crippen molar-refractivity contribution >= 4 is 22.4 Å². The fourth-order valence-corrected chi connectivity index (χ4v) is 3.09. The lowest BCUT2D eigenvalue weighted by Gasteiger charge is -2.09. The molecule has 2 heterocycles. The van der Waals surface area contributed by atoms with Gasteiger partial charge in [0.1, 0.15) is 11.0 Å². The first kappa shape index (κ1) is 15.1.